The fourth-order valence-electron chi connectivity index (χ4n) is 2.41. The van der Waals surface area contributed by atoms with E-state index in [0.717, 1.165) is 43.6 Å². The highest BCUT2D eigenvalue weighted by Gasteiger charge is 2.24. The molecule has 108 valence electrons. The molecule has 0 amide bonds. The van der Waals surface area contributed by atoms with Crippen molar-refractivity contribution in [3.05, 3.63) is 5.82 Å². The van der Waals surface area contributed by atoms with E-state index in [9.17, 15) is 0 Å². The van der Waals surface area contributed by atoms with Crippen molar-refractivity contribution in [2.24, 2.45) is 0 Å². The lowest BCUT2D eigenvalue weighted by atomic mass is 10.0. The van der Waals surface area contributed by atoms with Gasteiger partial charge in [0.2, 0.25) is 5.13 Å². The Labute approximate surface area is 119 Å². The van der Waals surface area contributed by atoms with Crippen LogP contribution < -0.4 is 10.2 Å². The molecule has 1 N–H and O–H groups in total. The highest BCUT2D eigenvalue weighted by atomic mass is 32.1. The van der Waals surface area contributed by atoms with Gasteiger partial charge in [-0.05, 0) is 19.3 Å². The molecule has 0 spiro atoms. The Hall–Kier alpha value is -0.720. The molecule has 0 saturated carbocycles. The first-order valence-corrected chi connectivity index (χ1v) is 7.91. The Kier molecular flexibility index (Phi) is 6.00. The average molecular weight is 284 g/mol. The van der Waals surface area contributed by atoms with Crippen molar-refractivity contribution in [3.63, 3.8) is 0 Å². The molecule has 2 rings (SSSR count). The largest absolute Gasteiger partial charge is 0.383 e. The van der Waals surface area contributed by atoms with Gasteiger partial charge in [-0.1, -0.05) is 6.92 Å². The van der Waals surface area contributed by atoms with Gasteiger partial charge in [0.1, 0.15) is 5.82 Å². The number of rotatable bonds is 7. The van der Waals surface area contributed by atoms with Gasteiger partial charge in [0.15, 0.2) is 0 Å². The molecule has 1 aliphatic heterocycles. The predicted octanol–water partition coefficient (Wildman–Crippen LogP) is 1.70. The number of hydrogen-bond donors (Lipinski definition) is 1. The number of hydrogen-bond acceptors (Lipinski definition) is 6. The van der Waals surface area contributed by atoms with E-state index >= 15 is 0 Å². The summed E-state index contributed by atoms with van der Waals surface area (Å²) in [5.74, 6) is 0.969. The van der Waals surface area contributed by atoms with Gasteiger partial charge >= 0.3 is 0 Å². The summed E-state index contributed by atoms with van der Waals surface area (Å²) < 4.78 is 9.47. The minimum Gasteiger partial charge on any atom is -0.383 e. The minimum absolute atomic E-state index is 0.545. The van der Waals surface area contributed by atoms with Gasteiger partial charge in [0, 0.05) is 50.7 Å². The maximum absolute atomic E-state index is 5.06. The monoisotopic (exact) mass is 284 g/mol. The van der Waals surface area contributed by atoms with E-state index in [-0.39, 0.29) is 0 Å². The lowest BCUT2D eigenvalue weighted by Crippen LogP contribution is -2.46. The highest BCUT2D eigenvalue weighted by molar-refractivity contribution is 7.09. The van der Waals surface area contributed by atoms with Gasteiger partial charge < -0.3 is 15.0 Å². The molecule has 1 fully saturated rings. The smallest absolute Gasteiger partial charge is 0.205 e. The summed E-state index contributed by atoms with van der Waals surface area (Å²) in [6.45, 7) is 5.90. The summed E-state index contributed by atoms with van der Waals surface area (Å²) in [5, 5.41) is 4.56. The first-order valence-electron chi connectivity index (χ1n) is 7.14. The Balaban J connectivity index is 1.91. The summed E-state index contributed by atoms with van der Waals surface area (Å²) in [6.07, 6.45) is 4.73. The highest BCUT2D eigenvalue weighted by Crippen LogP contribution is 2.26. The van der Waals surface area contributed by atoms with E-state index in [1.54, 1.807) is 18.6 Å². The summed E-state index contributed by atoms with van der Waals surface area (Å²) >= 11 is 1.54. The summed E-state index contributed by atoms with van der Waals surface area (Å²) in [6, 6.07) is 0.545. The molecule has 0 aromatic carbocycles. The van der Waals surface area contributed by atoms with Gasteiger partial charge in [-0.3, -0.25) is 0 Å². The van der Waals surface area contributed by atoms with Crippen LogP contribution in [0.15, 0.2) is 0 Å². The Morgan fingerprint density at radius 1 is 1.47 bits per heavy atom. The molecular formula is C13H24N4OS. The molecular weight excluding hydrogens is 260 g/mol. The maximum Gasteiger partial charge on any atom is 0.205 e. The molecule has 0 radical (unpaired) electrons. The number of anilines is 1. The van der Waals surface area contributed by atoms with E-state index in [0.29, 0.717) is 6.04 Å². The van der Waals surface area contributed by atoms with E-state index in [1.807, 2.05) is 0 Å². The molecule has 6 heteroatoms. The Morgan fingerprint density at radius 3 is 3.11 bits per heavy atom. The van der Waals surface area contributed by atoms with Crippen LogP contribution in [0.2, 0.25) is 0 Å². The van der Waals surface area contributed by atoms with Crippen molar-refractivity contribution in [2.75, 3.05) is 38.3 Å². The third-order valence-corrected chi connectivity index (χ3v) is 4.30. The van der Waals surface area contributed by atoms with Crippen LogP contribution in [0, 0.1) is 0 Å². The lowest BCUT2D eigenvalue weighted by molar-refractivity contribution is 0.198. The summed E-state index contributed by atoms with van der Waals surface area (Å²) in [7, 11) is 1.74. The van der Waals surface area contributed by atoms with Crippen molar-refractivity contribution in [2.45, 2.75) is 38.6 Å². The quantitative estimate of drug-likeness (QED) is 0.772. The van der Waals surface area contributed by atoms with Crippen molar-refractivity contribution >= 4 is 16.7 Å². The number of piperidine rings is 1. The third-order valence-electron chi connectivity index (χ3n) is 3.51. The van der Waals surface area contributed by atoms with Crippen LogP contribution in [0.3, 0.4) is 0 Å². The van der Waals surface area contributed by atoms with Gasteiger partial charge in [-0.15, -0.1) is 0 Å². The number of aromatic nitrogens is 2. The summed E-state index contributed by atoms with van der Waals surface area (Å²) in [5.41, 5.74) is 0. The van der Waals surface area contributed by atoms with Crippen molar-refractivity contribution in [1.82, 2.24) is 14.7 Å². The first-order chi connectivity index (χ1) is 9.35. The topological polar surface area (TPSA) is 50.3 Å². The lowest BCUT2D eigenvalue weighted by Gasteiger charge is -2.35. The number of methoxy groups -OCH3 is 1. The normalized spacial score (nSPS) is 19.9. The number of ether oxygens (including phenoxy) is 1. The maximum atomic E-state index is 5.06. The van der Waals surface area contributed by atoms with Gasteiger partial charge in [0.05, 0.1) is 6.61 Å². The molecule has 1 aliphatic rings. The predicted molar refractivity (Wildman–Crippen MR) is 79.0 cm³/mol. The zero-order valence-corrected chi connectivity index (χ0v) is 12.7. The van der Waals surface area contributed by atoms with Crippen LogP contribution in [0.4, 0.5) is 5.13 Å². The molecule has 0 aliphatic carbocycles. The van der Waals surface area contributed by atoms with Crippen molar-refractivity contribution < 1.29 is 4.74 Å². The molecule has 19 heavy (non-hydrogen) atoms. The first kappa shape index (κ1) is 14.7. The molecule has 5 nitrogen and oxygen atoms in total. The number of aryl methyl sites for hydroxylation is 1. The van der Waals surface area contributed by atoms with E-state index < -0.39 is 0 Å². The van der Waals surface area contributed by atoms with E-state index in [1.165, 1.54) is 19.3 Å². The Bertz CT molecular complexity index is 371. The van der Waals surface area contributed by atoms with Crippen LogP contribution in [0.1, 0.15) is 32.0 Å². The molecule has 1 atom stereocenters. The second-order valence-corrected chi connectivity index (χ2v) is 5.62. The van der Waals surface area contributed by atoms with Crippen LogP contribution in [0.25, 0.3) is 0 Å². The van der Waals surface area contributed by atoms with Gasteiger partial charge in [0.25, 0.3) is 0 Å². The van der Waals surface area contributed by atoms with E-state index in [2.05, 4.69) is 26.5 Å². The van der Waals surface area contributed by atoms with Crippen molar-refractivity contribution in [3.8, 4) is 0 Å². The third kappa shape index (κ3) is 4.12. The van der Waals surface area contributed by atoms with Crippen LogP contribution in [-0.4, -0.2) is 48.8 Å². The molecule has 2 heterocycles. The van der Waals surface area contributed by atoms with Crippen molar-refractivity contribution in [1.29, 1.82) is 0 Å². The number of nitrogens with zero attached hydrogens (tertiary/aromatic N) is 3. The fraction of sp³-hybridized carbons (Fsp3) is 0.846. The fourth-order valence-corrected chi connectivity index (χ4v) is 3.26. The molecule has 1 aromatic rings. The minimum atomic E-state index is 0.545. The zero-order valence-electron chi connectivity index (χ0n) is 11.9. The molecule has 1 unspecified atom stereocenters. The van der Waals surface area contributed by atoms with Gasteiger partial charge in [-0.25, -0.2) is 4.98 Å². The Morgan fingerprint density at radius 2 is 2.37 bits per heavy atom. The number of nitrogens with one attached hydrogen (secondary N) is 1. The zero-order chi connectivity index (χ0) is 13.5. The van der Waals surface area contributed by atoms with Crippen LogP contribution in [0.5, 0.6) is 0 Å². The van der Waals surface area contributed by atoms with Crippen LogP contribution >= 0.6 is 11.5 Å². The second kappa shape index (κ2) is 7.77. The van der Waals surface area contributed by atoms with Gasteiger partial charge in [-0.2, -0.15) is 4.37 Å². The standard InChI is InChI=1S/C13H24N4OS/c1-3-12-15-13(19-16-12)17-8-5-4-6-11(17)10-14-7-9-18-2/h11,14H,3-10H2,1-2H3. The SMILES string of the molecule is CCc1nsc(N2CCCCC2CNCCOC)n1. The average Bonchev–Trinajstić information content (AvgIpc) is 2.93. The molecule has 1 aromatic heterocycles. The molecule has 1 saturated heterocycles. The van der Waals surface area contributed by atoms with E-state index in [4.69, 9.17) is 4.74 Å². The molecule has 0 bridgehead atoms. The second-order valence-electron chi connectivity index (χ2n) is 4.89. The summed E-state index contributed by atoms with van der Waals surface area (Å²) in [4.78, 5) is 7.06. The van der Waals surface area contributed by atoms with Crippen LogP contribution in [-0.2, 0) is 11.2 Å².